The van der Waals surface area contributed by atoms with Crippen molar-refractivity contribution in [2.24, 2.45) is 0 Å². The summed E-state index contributed by atoms with van der Waals surface area (Å²) in [5.41, 5.74) is 0.0225. The topological polar surface area (TPSA) is 50.1 Å². The summed E-state index contributed by atoms with van der Waals surface area (Å²) in [7, 11) is 1.26. The fourth-order valence-electron chi connectivity index (χ4n) is 0.920. The molecule has 0 aliphatic heterocycles. The number of thiophene rings is 1. The van der Waals surface area contributed by atoms with Crippen molar-refractivity contribution in [3.8, 4) is 6.07 Å². The lowest BCUT2D eigenvalue weighted by Gasteiger charge is -1.93. The van der Waals surface area contributed by atoms with E-state index in [9.17, 15) is 4.79 Å². The van der Waals surface area contributed by atoms with E-state index in [0.717, 1.165) is 9.75 Å². The molecular weight excluding hydrogens is 198 g/mol. The van der Waals surface area contributed by atoms with Gasteiger partial charge in [0, 0.05) is 9.75 Å². The van der Waals surface area contributed by atoms with E-state index >= 15 is 0 Å². The van der Waals surface area contributed by atoms with Crippen LogP contribution in [0.3, 0.4) is 0 Å². The smallest absolute Gasteiger partial charge is 0.348 e. The highest BCUT2D eigenvalue weighted by molar-refractivity contribution is 7.12. The van der Waals surface area contributed by atoms with Crippen molar-refractivity contribution in [3.63, 3.8) is 0 Å². The van der Waals surface area contributed by atoms with Crippen LogP contribution < -0.4 is 0 Å². The highest BCUT2D eigenvalue weighted by Crippen LogP contribution is 2.18. The van der Waals surface area contributed by atoms with E-state index in [-0.39, 0.29) is 5.57 Å². The molecule has 0 unspecified atom stereocenters. The second kappa shape index (κ2) is 4.58. The van der Waals surface area contributed by atoms with Crippen LogP contribution in [-0.4, -0.2) is 13.1 Å². The minimum atomic E-state index is -0.599. The number of hydrogen-bond acceptors (Lipinski definition) is 4. The quantitative estimate of drug-likeness (QED) is 0.424. The van der Waals surface area contributed by atoms with Crippen molar-refractivity contribution >= 4 is 23.4 Å². The van der Waals surface area contributed by atoms with Gasteiger partial charge in [-0.25, -0.2) is 4.79 Å². The van der Waals surface area contributed by atoms with Crippen molar-refractivity contribution < 1.29 is 9.53 Å². The minimum absolute atomic E-state index is 0.0225. The number of nitriles is 1. The van der Waals surface area contributed by atoms with E-state index in [0.29, 0.717) is 0 Å². The number of carbonyl (C=O) groups is 1. The van der Waals surface area contributed by atoms with Crippen LogP contribution in [0.2, 0.25) is 0 Å². The average molecular weight is 207 g/mol. The first-order valence-electron chi connectivity index (χ1n) is 3.94. The zero-order valence-corrected chi connectivity index (χ0v) is 8.72. The molecule has 1 aromatic rings. The molecule has 14 heavy (non-hydrogen) atoms. The van der Waals surface area contributed by atoms with Crippen LogP contribution in [0.5, 0.6) is 0 Å². The van der Waals surface area contributed by atoms with Crippen LogP contribution >= 0.6 is 11.3 Å². The van der Waals surface area contributed by atoms with Crippen LogP contribution in [0.25, 0.3) is 6.08 Å². The lowest BCUT2D eigenvalue weighted by atomic mass is 10.2. The van der Waals surface area contributed by atoms with Crippen LogP contribution in [0.4, 0.5) is 0 Å². The Morgan fingerprint density at radius 1 is 1.64 bits per heavy atom. The Labute approximate surface area is 86.2 Å². The summed E-state index contributed by atoms with van der Waals surface area (Å²) in [6, 6.07) is 5.60. The first-order chi connectivity index (χ1) is 6.67. The number of rotatable bonds is 2. The molecule has 0 aromatic carbocycles. The molecule has 0 radical (unpaired) electrons. The minimum Gasteiger partial charge on any atom is -0.465 e. The summed E-state index contributed by atoms with van der Waals surface area (Å²) < 4.78 is 4.46. The molecule has 0 aliphatic carbocycles. The van der Waals surface area contributed by atoms with Gasteiger partial charge in [-0.15, -0.1) is 11.3 Å². The molecule has 1 rings (SSSR count). The molecular formula is C10H9NO2S. The van der Waals surface area contributed by atoms with E-state index in [4.69, 9.17) is 5.26 Å². The monoisotopic (exact) mass is 207 g/mol. The molecule has 0 amide bonds. The van der Waals surface area contributed by atoms with Crippen molar-refractivity contribution in [3.05, 3.63) is 27.5 Å². The summed E-state index contributed by atoms with van der Waals surface area (Å²) in [5, 5.41) is 8.68. The Hall–Kier alpha value is -1.60. The molecule has 72 valence electrons. The number of ether oxygens (including phenoxy) is 1. The van der Waals surface area contributed by atoms with E-state index in [1.54, 1.807) is 6.07 Å². The first-order valence-corrected chi connectivity index (χ1v) is 4.75. The fraction of sp³-hybridized carbons (Fsp3) is 0.200. The van der Waals surface area contributed by atoms with Crippen molar-refractivity contribution in [1.82, 2.24) is 0 Å². The maximum absolute atomic E-state index is 11.0. The Balaban J connectivity index is 2.96. The summed E-state index contributed by atoms with van der Waals surface area (Å²) in [6.45, 7) is 1.96. The van der Waals surface area contributed by atoms with Gasteiger partial charge in [-0.3, -0.25) is 0 Å². The molecule has 0 N–H and O–H groups in total. The molecule has 0 aliphatic rings. The molecule has 0 saturated heterocycles. The third-order valence-corrected chi connectivity index (χ3v) is 2.52. The third-order valence-electron chi connectivity index (χ3n) is 1.57. The SMILES string of the molecule is COC(=O)/C(C#N)=C/c1ccc(C)s1. The van der Waals surface area contributed by atoms with Crippen LogP contribution in [0.15, 0.2) is 17.7 Å². The predicted molar refractivity (Wildman–Crippen MR) is 54.7 cm³/mol. The van der Waals surface area contributed by atoms with E-state index in [2.05, 4.69) is 4.74 Å². The molecule has 0 bridgehead atoms. The van der Waals surface area contributed by atoms with Crippen LogP contribution in [0, 0.1) is 18.3 Å². The van der Waals surface area contributed by atoms with Crippen molar-refractivity contribution in [2.45, 2.75) is 6.92 Å². The predicted octanol–water partition coefficient (Wildman–Crippen LogP) is 2.14. The standard InChI is InChI=1S/C10H9NO2S/c1-7-3-4-9(14-7)5-8(6-11)10(12)13-2/h3-5H,1-2H3/b8-5+. The van der Waals surface area contributed by atoms with Gasteiger partial charge in [-0.2, -0.15) is 5.26 Å². The Morgan fingerprint density at radius 2 is 2.36 bits per heavy atom. The number of carbonyl (C=O) groups excluding carboxylic acids is 1. The number of esters is 1. The van der Waals surface area contributed by atoms with Gasteiger partial charge in [-0.05, 0) is 25.1 Å². The van der Waals surface area contributed by atoms with Gasteiger partial charge < -0.3 is 4.74 Å². The lowest BCUT2D eigenvalue weighted by Crippen LogP contribution is -2.02. The first kappa shape index (κ1) is 10.5. The maximum Gasteiger partial charge on any atom is 0.348 e. The Bertz CT molecular complexity index is 412. The van der Waals surface area contributed by atoms with Crippen molar-refractivity contribution in [1.29, 1.82) is 5.26 Å². The summed E-state index contributed by atoms with van der Waals surface area (Å²) in [4.78, 5) is 13.1. The molecule has 3 nitrogen and oxygen atoms in total. The summed E-state index contributed by atoms with van der Waals surface area (Å²) in [6.07, 6.45) is 1.53. The van der Waals surface area contributed by atoms with E-state index < -0.39 is 5.97 Å². The number of nitrogens with zero attached hydrogens (tertiary/aromatic N) is 1. The highest BCUT2D eigenvalue weighted by Gasteiger charge is 2.08. The largest absolute Gasteiger partial charge is 0.465 e. The molecule has 0 fully saturated rings. The fourth-order valence-corrected chi connectivity index (χ4v) is 1.74. The average Bonchev–Trinajstić information content (AvgIpc) is 2.59. The van der Waals surface area contributed by atoms with E-state index in [1.165, 1.54) is 24.5 Å². The lowest BCUT2D eigenvalue weighted by molar-refractivity contribution is -0.135. The molecule has 1 heterocycles. The Kier molecular flexibility index (Phi) is 3.43. The van der Waals surface area contributed by atoms with Gasteiger partial charge in [0.15, 0.2) is 0 Å². The molecule has 0 spiro atoms. The summed E-state index contributed by atoms with van der Waals surface area (Å²) in [5.74, 6) is -0.599. The van der Waals surface area contributed by atoms with Crippen LogP contribution in [0.1, 0.15) is 9.75 Å². The second-order valence-electron chi connectivity index (χ2n) is 2.61. The molecule has 4 heteroatoms. The summed E-state index contributed by atoms with van der Waals surface area (Å²) >= 11 is 1.52. The van der Waals surface area contributed by atoms with Crippen LogP contribution in [-0.2, 0) is 9.53 Å². The maximum atomic E-state index is 11.0. The number of hydrogen-bond donors (Lipinski definition) is 0. The van der Waals surface area contributed by atoms with Gasteiger partial charge in [0.25, 0.3) is 0 Å². The number of aryl methyl sites for hydroxylation is 1. The Morgan fingerprint density at radius 3 is 2.79 bits per heavy atom. The van der Waals surface area contributed by atoms with Crippen molar-refractivity contribution in [2.75, 3.05) is 7.11 Å². The van der Waals surface area contributed by atoms with Gasteiger partial charge in [-0.1, -0.05) is 0 Å². The highest BCUT2D eigenvalue weighted by atomic mass is 32.1. The molecule has 0 saturated carbocycles. The van der Waals surface area contributed by atoms with Gasteiger partial charge in [0.2, 0.25) is 0 Å². The van der Waals surface area contributed by atoms with Gasteiger partial charge >= 0.3 is 5.97 Å². The zero-order valence-electron chi connectivity index (χ0n) is 7.90. The third kappa shape index (κ3) is 2.44. The normalized spacial score (nSPS) is 10.8. The zero-order chi connectivity index (χ0) is 10.6. The molecule has 1 aromatic heterocycles. The number of methoxy groups -OCH3 is 1. The van der Waals surface area contributed by atoms with E-state index in [1.807, 2.05) is 19.1 Å². The van der Waals surface area contributed by atoms with Gasteiger partial charge in [0.05, 0.1) is 7.11 Å². The molecule has 0 atom stereocenters. The second-order valence-corrected chi connectivity index (χ2v) is 3.93. The van der Waals surface area contributed by atoms with Gasteiger partial charge in [0.1, 0.15) is 11.6 Å².